The maximum atomic E-state index is 7.27. The molecule has 320 valence electrons. The Hall–Kier alpha value is -4.70. The summed E-state index contributed by atoms with van der Waals surface area (Å²) in [5.74, 6) is 0.946. The second-order valence-electron chi connectivity index (χ2n) is 24.6. The standard InChI is InChI=1S/C58H69BN2O/c1-34-17-22-49-39(27-34)50-52(62-49)61(45-21-18-36(28-35(45)2)53(3,4)5)48-30-37(54(6,7)8)29-47-51(48)59(50)44-32-42-43(58(15,16)26-25-57(42,13)14)33-46(44)60(47)38-19-20-40-41(31-38)56(11,12)24-23-55(40,9)10/h17-22,27-33H,23-26H2,1-16H3. The molecule has 0 spiro atoms. The van der Waals surface area contributed by atoms with E-state index in [0.29, 0.717) is 0 Å². The third-order valence-electron chi connectivity index (χ3n) is 16.1. The lowest BCUT2D eigenvalue weighted by Gasteiger charge is -2.47. The first-order valence-electron chi connectivity index (χ1n) is 23.6. The van der Waals surface area contributed by atoms with Gasteiger partial charge in [-0.2, -0.15) is 0 Å². The third kappa shape index (κ3) is 6.04. The van der Waals surface area contributed by atoms with Crippen molar-refractivity contribution in [2.75, 3.05) is 9.80 Å². The van der Waals surface area contributed by atoms with Crippen molar-refractivity contribution in [1.29, 1.82) is 0 Å². The van der Waals surface area contributed by atoms with Crippen LogP contribution in [-0.4, -0.2) is 6.71 Å². The van der Waals surface area contributed by atoms with Crippen molar-refractivity contribution in [1.82, 2.24) is 0 Å². The fourth-order valence-electron chi connectivity index (χ4n) is 11.7. The lowest BCUT2D eigenvalue weighted by molar-refractivity contribution is 0.332. The number of furan rings is 1. The van der Waals surface area contributed by atoms with Crippen LogP contribution in [0, 0.1) is 13.8 Å². The highest BCUT2D eigenvalue weighted by Gasteiger charge is 2.49. The molecule has 0 fully saturated rings. The maximum Gasteiger partial charge on any atom is 0.257 e. The summed E-state index contributed by atoms with van der Waals surface area (Å²) in [6, 6.07) is 31.8. The summed E-state index contributed by atoms with van der Waals surface area (Å²) in [5, 5.41) is 1.21. The smallest absolute Gasteiger partial charge is 0.257 e. The second-order valence-corrected chi connectivity index (χ2v) is 24.6. The number of benzene rings is 5. The summed E-state index contributed by atoms with van der Waals surface area (Å²) in [6.45, 7) is 38.3. The Morgan fingerprint density at radius 2 is 1.06 bits per heavy atom. The molecule has 0 amide bonds. The molecule has 0 saturated heterocycles. The summed E-state index contributed by atoms with van der Waals surface area (Å²) in [4.78, 5) is 5.20. The van der Waals surface area contributed by atoms with Crippen molar-refractivity contribution in [3.63, 3.8) is 0 Å². The zero-order valence-corrected chi connectivity index (χ0v) is 40.7. The molecule has 3 heterocycles. The molecule has 62 heavy (non-hydrogen) atoms. The molecule has 0 atom stereocenters. The van der Waals surface area contributed by atoms with Crippen LogP contribution >= 0.6 is 0 Å². The van der Waals surface area contributed by atoms with Gasteiger partial charge in [0.1, 0.15) is 5.58 Å². The van der Waals surface area contributed by atoms with Crippen LogP contribution < -0.4 is 26.2 Å². The lowest BCUT2D eigenvalue weighted by Crippen LogP contribution is -2.61. The number of fused-ring (bicyclic) bond motifs is 8. The zero-order valence-electron chi connectivity index (χ0n) is 40.7. The van der Waals surface area contributed by atoms with Gasteiger partial charge in [-0.3, -0.25) is 4.90 Å². The molecule has 2 aliphatic heterocycles. The van der Waals surface area contributed by atoms with Crippen LogP contribution in [0.5, 0.6) is 0 Å². The number of anilines is 6. The van der Waals surface area contributed by atoms with Crippen molar-refractivity contribution in [2.45, 2.75) is 169 Å². The summed E-state index contributed by atoms with van der Waals surface area (Å²) in [6.07, 6.45) is 4.72. The molecule has 0 saturated carbocycles. The van der Waals surface area contributed by atoms with Crippen LogP contribution in [0.1, 0.15) is 167 Å². The average Bonchev–Trinajstić information content (AvgIpc) is 3.55. The number of nitrogens with zero attached hydrogens (tertiary/aromatic N) is 2. The van der Waals surface area contributed by atoms with Gasteiger partial charge in [0.25, 0.3) is 6.71 Å². The van der Waals surface area contributed by atoms with Crippen molar-refractivity contribution in [2.24, 2.45) is 0 Å². The first-order chi connectivity index (χ1) is 28.8. The van der Waals surface area contributed by atoms with Crippen LogP contribution in [0.3, 0.4) is 0 Å². The highest BCUT2D eigenvalue weighted by Crippen LogP contribution is 2.54. The average molecular weight is 821 g/mol. The van der Waals surface area contributed by atoms with Crippen molar-refractivity contribution in [3.05, 3.63) is 123 Å². The molecule has 1 aromatic heterocycles. The Balaban J connectivity index is 1.37. The minimum Gasteiger partial charge on any atom is -0.440 e. The predicted octanol–water partition coefficient (Wildman–Crippen LogP) is 14.4. The fraction of sp³-hybridized carbons (Fsp3) is 0.448. The Bertz CT molecular complexity index is 2870. The Kier molecular flexibility index (Phi) is 8.63. The van der Waals surface area contributed by atoms with Crippen LogP contribution in [0.25, 0.3) is 11.0 Å². The van der Waals surface area contributed by atoms with E-state index >= 15 is 0 Å². The molecule has 6 aromatic rings. The molecular formula is C58H69BN2O. The minimum absolute atomic E-state index is 0.0251. The molecule has 0 bridgehead atoms. The van der Waals surface area contributed by atoms with E-state index in [1.54, 1.807) is 0 Å². The monoisotopic (exact) mass is 821 g/mol. The highest BCUT2D eigenvalue weighted by atomic mass is 16.4. The van der Waals surface area contributed by atoms with Gasteiger partial charge in [-0.05, 0) is 170 Å². The maximum absolute atomic E-state index is 7.27. The fourth-order valence-corrected chi connectivity index (χ4v) is 11.7. The first kappa shape index (κ1) is 41.3. The van der Waals surface area contributed by atoms with Gasteiger partial charge in [0, 0.05) is 33.6 Å². The van der Waals surface area contributed by atoms with Gasteiger partial charge >= 0.3 is 0 Å². The summed E-state index contributed by atoms with van der Waals surface area (Å²) < 4.78 is 7.27. The van der Waals surface area contributed by atoms with Gasteiger partial charge in [0.05, 0.1) is 5.69 Å². The molecule has 10 rings (SSSR count). The minimum atomic E-state index is -0.112. The number of rotatable bonds is 2. The molecular weight excluding hydrogens is 751 g/mol. The molecule has 3 nitrogen and oxygen atoms in total. The first-order valence-corrected chi connectivity index (χ1v) is 23.6. The summed E-state index contributed by atoms with van der Waals surface area (Å²) in [5.41, 5.74) is 22.6. The van der Waals surface area contributed by atoms with Gasteiger partial charge in [0.2, 0.25) is 5.88 Å². The second kappa shape index (κ2) is 13.0. The zero-order chi connectivity index (χ0) is 44.4. The normalized spacial score (nSPS) is 19.1. The Morgan fingerprint density at radius 1 is 0.500 bits per heavy atom. The van der Waals surface area contributed by atoms with Gasteiger partial charge < -0.3 is 9.32 Å². The van der Waals surface area contributed by atoms with Crippen LogP contribution in [0.15, 0.2) is 83.3 Å². The van der Waals surface area contributed by atoms with E-state index in [0.717, 1.165) is 11.5 Å². The van der Waals surface area contributed by atoms with Gasteiger partial charge in [-0.15, -0.1) is 0 Å². The third-order valence-corrected chi connectivity index (χ3v) is 16.1. The van der Waals surface area contributed by atoms with Gasteiger partial charge in [-0.25, -0.2) is 0 Å². The number of hydrogen-bond acceptors (Lipinski definition) is 3. The molecule has 2 aliphatic carbocycles. The molecule has 4 aliphatic rings. The van der Waals surface area contributed by atoms with Gasteiger partial charge in [0.15, 0.2) is 0 Å². The molecule has 5 aromatic carbocycles. The van der Waals surface area contributed by atoms with Crippen molar-refractivity contribution < 1.29 is 4.42 Å². The van der Waals surface area contributed by atoms with E-state index in [1.807, 2.05) is 0 Å². The van der Waals surface area contributed by atoms with E-state index in [-0.39, 0.29) is 39.2 Å². The Labute approximate surface area is 373 Å². The molecule has 0 unspecified atom stereocenters. The lowest BCUT2D eigenvalue weighted by atomic mass is 9.33. The van der Waals surface area contributed by atoms with E-state index in [9.17, 15) is 0 Å². The van der Waals surface area contributed by atoms with Crippen molar-refractivity contribution in [3.8, 4) is 0 Å². The SMILES string of the molecule is Cc1ccc2oc3c(c2c1)B1c2cc4c(cc2N(c2ccc5c(c2)C(C)(C)CCC5(C)C)c2cc(C(C)(C)C)cc(c21)N3c1ccc(C(C)(C)C)cc1C)C(C)(C)CCC4(C)C. The highest BCUT2D eigenvalue weighted by molar-refractivity contribution is 7.01. The van der Waals surface area contributed by atoms with E-state index < -0.39 is 0 Å². The van der Waals surface area contributed by atoms with E-state index in [1.165, 1.54) is 120 Å². The quantitative estimate of drug-likeness (QED) is 0.162. The molecule has 0 N–H and O–H groups in total. The Morgan fingerprint density at radius 3 is 1.66 bits per heavy atom. The predicted molar refractivity (Wildman–Crippen MR) is 268 cm³/mol. The number of aryl methyl sites for hydroxylation is 2. The number of hydrogen-bond donors (Lipinski definition) is 0. The van der Waals surface area contributed by atoms with Crippen LogP contribution in [-0.2, 0) is 32.5 Å². The van der Waals surface area contributed by atoms with Crippen molar-refractivity contribution >= 4 is 68.4 Å². The molecule has 4 heteroatoms. The topological polar surface area (TPSA) is 19.6 Å². The van der Waals surface area contributed by atoms with Crippen LogP contribution in [0.4, 0.5) is 34.3 Å². The van der Waals surface area contributed by atoms with E-state index in [2.05, 4.69) is 199 Å². The summed E-state index contributed by atoms with van der Waals surface area (Å²) >= 11 is 0. The van der Waals surface area contributed by atoms with Crippen LogP contribution in [0.2, 0.25) is 0 Å². The molecule has 0 radical (unpaired) electrons. The van der Waals surface area contributed by atoms with E-state index in [4.69, 9.17) is 4.42 Å². The summed E-state index contributed by atoms with van der Waals surface area (Å²) in [7, 11) is 0. The van der Waals surface area contributed by atoms with Gasteiger partial charge in [-0.1, -0.05) is 133 Å². The largest absolute Gasteiger partial charge is 0.440 e.